The van der Waals surface area contributed by atoms with E-state index in [1.807, 2.05) is 0 Å². The zero-order chi connectivity index (χ0) is 47.1. The van der Waals surface area contributed by atoms with Crippen LogP contribution in [0.1, 0.15) is 239 Å². The minimum Gasteiger partial charge on any atom is -0.457 e. The third kappa shape index (κ3) is 37.8. The highest BCUT2D eigenvalue weighted by Crippen LogP contribution is 2.23. The van der Waals surface area contributed by atoms with E-state index in [1.54, 1.807) is 0 Å². The summed E-state index contributed by atoms with van der Waals surface area (Å²) in [5.41, 5.74) is 0. The van der Waals surface area contributed by atoms with Crippen molar-refractivity contribution in [3.63, 3.8) is 0 Å². The molecule has 1 rings (SSSR count). The predicted molar refractivity (Wildman–Crippen MR) is 270 cm³/mol. The fraction of sp³-hybridized carbons (Fsp3) is 0.839. The van der Waals surface area contributed by atoms with Crippen LogP contribution in [0.5, 0.6) is 0 Å². The van der Waals surface area contributed by atoms with Gasteiger partial charge >= 0.3 is 5.97 Å². The third-order valence-corrected chi connectivity index (χ3v) is 12.5. The monoisotopic (exact) mass is 919 g/mol. The average molecular weight is 919 g/mol. The average Bonchev–Trinajstić information content (AvgIpc) is 3.31. The summed E-state index contributed by atoms with van der Waals surface area (Å²) in [5.74, 6) is -0.316. The molecule has 0 radical (unpaired) electrons. The second-order valence-corrected chi connectivity index (χ2v) is 18.7. The maximum atomic E-state index is 12.9. The van der Waals surface area contributed by atoms with E-state index in [0.29, 0.717) is 13.0 Å². The van der Waals surface area contributed by atoms with Crippen LogP contribution >= 0.6 is 0 Å². The molecule has 0 aromatic carbocycles. The zero-order valence-electron chi connectivity index (χ0n) is 42.0. The highest BCUT2D eigenvalue weighted by Gasteiger charge is 2.44. The molecule has 6 atom stereocenters. The van der Waals surface area contributed by atoms with E-state index in [-0.39, 0.29) is 19.2 Å². The molecule has 1 aliphatic rings. The summed E-state index contributed by atoms with van der Waals surface area (Å²) >= 11 is 0. The summed E-state index contributed by atoms with van der Waals surface area (Å²) in [6, 6.07) is 0. The molecule has 380 valence electrons. The Morgan fingerprint density at radius 1 is 0.492 bits per heavy atom. The summed E-state index contributed by atoms with van der Waals surface area (Å²) in [6.45, 7) is 4.54. The second-order valence-electron chi connectivity index (χ2n) is 18.7. The molecule has 0 saturated carbocycles. The van der Waals surface area contributed by atoms with Crippen molar-refractivity contribution < 1.29 is 44.2 Å². The number of esters is 1. The molecule has 6 unspecified atom stereocenters. The largest absolute Gasteiger partial charge is 0.457 e. The molecule has 0 amide bonds. The van der Waals surface area contributed by atoms with Gasteiger partial charge in [0.15, 0.2) is 6.29 Å². The molecule has 65 heavy (non-hydrogen) atoms. The lowest BCUT2D eigenvalue weighted by Crippen LogP contribution is -2.59. The summed E-state index contributed by atoms with van der Waals surface area (Å²) in [7, 11) is 0. The Bertz CT molecular complexity index is 1140. The van der Waals surface area contributed by atoms with Gasteiger partial charge in [0, 0.05) is 13.0 Å². The van der Waals surface area contributed by atoms with E-state index in [1.165, 1.54) is 173 Å². The maximum Gasteiger partial charge on any atom is 0.306 e. The van der Waals surface area contributed by atoms with Crippen molar-refractivity contribution >= 4 is 5.97 Å². The van der Waals surface area contributed by atoms with Crippen molar-refractivity contribution in [2.75, 3.05) is 26.4 Å². The highest BCUT2D eigenvalue weighted by molar-refractivity contribution is 5.69. The van der Waals surface area contributed by atoms with Gasteiger partial charge in [-0.25, -0.2) is 0 Å². The first-order valence-corrected chi connectivity index (χ1v) is 27.2. The standard InChI is InChI=1S/C56H102O9/c1-3-5-7-9-11-13-15-17-19-21-23-24-25-26-27-29-31-33-35-37-39-41-43-45-52(58)64-50(49-63-56-55(61)54(60)53(59)51(47-57)65-56)48-62-46-44-42-40-38-36-34-32-30-28-22-20-18-16-14-12-10-8-6-4-2/h14-17,20-23,50-51,53-57,59-61H,3-13,18-19,24-49H2,1-2H3/b16-14-,17-15-,22-20-,23-21-. The van der Waals surface area contributed by atoms with Crippen LogP contribution in [0.15, 0.2) is 48.6 Å². The van der Waals surface area contributed by atoms with Crippen molar-refractivity contribution in [1.29, 1.82) is 0 Å². The molecule has 0 aliphatic carbocycles. The molecule has 1 aliphatic heterocycles. The first-order valence-electron chi connectivity index (χ1n) is 27.2. The minimum atomic E-state index is -1.54. The van der Waals surface area contributed by atoms with Crippen LogP contribution < -0.4 is 0 Å². The first kappa shape index (κ1) is 61.2. The Balaban J connectivity index is 2.18. The third-order valence-electron chi connectivity index (χ3n) is 12.5. The number of rotatable bonds is 47. The topological polar surface area (TPSA) is 135 Å². The molecule has 1 saturated heterocycles. The number of aliphatic hydroxyl groups excluding tert-OH is 4. The second kappa shape index (κ2) is 47.2. The van der Waals surface area contributed by atoms with Crippen LogP contribution in [-0.4, -0.2) is 89.6 Å². The van der Waals surface area contributed by atoms with Crippen LogP contribution in [0.3, 0.4) is 0 Å². The highest BCUT2D eigenvalue weighted by atomic mass is 16.7. The SMILES string of the molecule is CCCCCC/C=C\C/C=C\CCCCCCCCCCOCC(COC1OC(CO)C(O)C(O)C1O)OC(=O)CCCCCCCCCCCCC/C=C\C/C=C\CCCCCCC. The lowest BCUT2D eigenvalue weighted by Gasteiger charge is -2.39. The van der Waals surface area contributed by atoms with Gasteiger partial charge in [0.25, 0.3) is 0 Å². The van der Waals surface area contributed by atoms with E-state index in [2.05, 4.69) is 62.5 Å². The Morgan fingerprint density at radius 3 is 1.34 bits per heavy atom. The lowest BCUT2D eigenvalue weighted by molar-refractivity contribution is -0.305. The fourth-order valence-electron chi connectivity index (χ4n) is 8.20. The molecule has 1 fully saturated rings. The molecule has 1 heterocycles. The van der Waals surface area contributed by atoms with Gasteiger partial charge in [-0.15, -0.1) is 0 Å². The Hall–Kier alpha value is -1.85. The van der Waals surface area contributed by atoms with Crippen molar-refractivity contribution in [1.82, 2.24) is 0 Å². The molecule has 0 spiro atoms. The molecule has 0 bridgehead atoms. The van der Waals surface area contributed by atoms with Crippen molar-refractivity contribution in [3.8, 4) is 0 Å². The minimum absolute atomic E-state index is 0.116. The molecule has 4 N–H and O–H groups in total. The number of ether oxygens (including phenoxy) is 4. The Morgan fingerprint density at radius 2 is 0.892 bits per heavy atom. The summed E-state index contributed by atoms with van der Waals surface area (Å²) in [4.78, 5) is 12.9. The number of hydrogen-bond acceptors (Lipinski definition) is 9. The fourth-order valence-corrected chi connectivity index (χ4v) is 8.20. The predicted octanol–water partition coefficient (Wildman–Crippen LogP) is 13.6. The van der Waals surface area contributed by atoms with Gasteiger partial charge in [-0.1, -0.05) is 204 Å². The van der Waals surface area contributed by atoms with E-state index >= 15 is 0 Å². The van der Waals surface area contributed by atoms with Crippen LogP contribution in [0.4, 0.5) is 0 Å². The molecular formula is C56H102O9. The summed E-state index contributed by atoms with van der Waals surface area (Å²) < 4.78 is 22.9. The van der Waals surface area contributed by atoms with Gasteiger partial charge < -0.3 is 39.4 Å². The van der Waals surface area contributed by atoms with Gasteiger partial charge in [-0.2, -0.15) is 0 Å². The van der Waals surface area contributed by atoms with Crippen LogP contribution in [0.25, 0.3) is 0 Å². The number of carbonyl (C=O) groups is 1. The summed E-state index contributed by atoms with van der Waals surface area (Å²) in [5, 5.41) is 40.3. The maximum absolute atomic E-state index is 12.9. The van der Waals surface area contributed by atoms with E-state index in [4.69, 9.17) is 18.9 Å². The van der Waals surface area contributed by atoms with Gasteiger partial charge in [-0.05, 0) is 77.0 Å². The molecule has 0 aromatic rings. The van der Waals surface area contributed by atoms with Gasteiger partial charge in [0.2, 0.25) is 0 Å². The van der Waals surface area contributed by atoms with Gasteiger partial charge in [0.1, 0.15) is 30.5 Å². The number of unbranched alkanes of at least 4 members (excludes halogenated alkanes) is 28. The summed E-state index contributed by atoms with van der Waals surface area (Å²) in [6.07, 6.45) is 52.9. The van der Waals surface area contributed by atoms with Crippen molar-refractivity contribution in [3.05, 3.63) is 48.6 Å². The van der Waals surface area contributed by atoms with Crippen LogP contribution in [-0.2, 0) is 23.7 Å². The number of aliphatic hydroxyl groups is 4. The molecule has 0 aromatic heterocycles. The van der Waals surface area contributed by atoms with Gasteiger partial charge in [0.05, 0.1) is 19.8 Å². The molecule has 9 nitrogen and oxygen atoms in total. The lowest BCUT2D eigenvalue weighted by atomic mass is 9.99. The smallest absolute Gasteiger partial charge is 0.306 e. The number of hydrogen-bond donors (Lipinski definition) is 4. The number of carbonyl (C=O) groups excluding carboxylic acids is 1. The van der Waals surface area contributed by atoms with Crippen LogP contribution in [0.2, 0.25) is 0 Å². The normalized spacial score (nSPS) is 19.8. The molecular weight excluding hydrogens is 817 g/mol. The van der Waals surface area contributed by atoms with Crippen molar-refractivity contribution in [2.24, 2.45) is 0 Å². The first-order chi connectivity index (χ1) is 31.9. The Kier molecular flexibility index (Phi) is 44.4. The number of allylic oxidation sites excluding steroid dienone is 8. The van der Waals surface area contributed by atoms with Crippen LogP contribution in [0, 0.1) is 0 Å². The molecule has 9 heteroatoms. The quantitative estimate of drug-likeness (QED) is 0.0267. The van der Waals surface area contributed by atoms with Gasteiger partial charge in [-0.3, -0.25) is 4.79 Å². The Labute approximate surface area is 399 Å². The van der Waals surface area contributed by atoms with E-state index in [0.717, 1.165) is 44.9 Å². The van der Waals surface area contributed by atoms with Crippen molar-refractivity contribution in [2.45, 2.75) is 275 Å². The zero-order valence-corrected chi connectivity index (χ0v) is 42.0. The van der Waals surface area contributed by atoms with E-state index in [9.17, 15) is 25.2 Å². The van der Waals surface area contributed by atoms with E-state index < -0.39 is 43.4 Å².